The molecule has 0 unspecified atom stereocenters. The second-order valence-corrected chi connectivity index (χ2v) is 14.3. The molecule has 0 atom stereocenters. The van der Waals surface area contributed by atoms with Crippen LogP contribution in [0.5, 0.6) is 0 Å². The molecule has 0 saturated carbocycles. The smallest absolute Gasteiger partial charge is 0.0709 e. The van der Waals surface area contributed by atoms with Crippen LogP contribution in [0.1, 0.15) is 0 Å². The van der Waals surface area contributed by atoms with Crippen molar-refractivity contribution >= 4 is 43.6 Å². The quantitative estimate of drug-likeness (QED) is 0.168. The highest BCUT2D eigenvalue weighted by Crippen LogP contribution is 2.41. The number of nitrogens with zero attached hydrogens (tertiary/aromatic N) is 3. The largest absolute Gasteiger partial charge is 0.309 e. The van der Waals surface area contributed by atoms with Crippen molar-refractivity contribution in [3.05, 3.63) is 212 Å². The maximum Gasteiger partial charge on any atom is 0.0709 e. The summed E-state index contributed by atoms with van der Waals surface area (Å²) in [5.41, 5.74) is 15.8. The molecule has 3 aromatic heterocycles. The zero-order valence-corrected chi connectivity index (χ0v) is 30.5. The maximum absolute atomic E-state index is 5.30. The van der Waals surface area contributed by atoms with Gasteiger partial charge in [-0.3, -0.25) is 0 Å². The Labute approximate surface area is 325 Å². The molecule has 0 aliphatic heterocycles. The fraction of sp³-hybridized carbons (Fsp3) is 0. The summed E-state index contributed by atoms with van der Waals surface area (Å²) in [6.07, 6.45) is 0. The molecule has 11 rings (SSSR count). The van der Waals surface area contributed by atoms with Crippen molar-refractivity contribution in [2.45, 2.75) is 0 Å². The Morgan fingerprint density at radius 1 is 0.286 bits per heavy atom. The van der Waals surface area contributed by atoms with Gasteiger partial charge in [-0.15, -0.1) is 0 Å². The minimum atomic E-state index is 0.942. The number of rotatable bonds is 6. The van der Waals surface area contributed by atoms with E-state index in [1.807, 2.05) is 0 Å². The van der Waals surface area contributed by atoms with Gasteiger partial charge < -0.3 is 9.13 Å². The van der Waals surface area contributed by atoms with Gasteiger partial charge in [0.05, 0.1) is 33.5 Å². The molecule has 0 bridgehead atoms. The van der Waals surface area contributed by atoms with Crippen molar-refractivity contribution < 1.29 is 0 Å². The number of benzene rings is 8. The molecule has 56 heavy (non-hydrogen) atoms. The number of aromatic nitrogens is 3. The SMILES string of the molecule is c1ccc(-n2c3ccccc3c3cccc(-c4cccc(-c5cccc(-c6cccc(-c7cccc8c9ccccc9n(-c9ccccc9)c78)c6)n5)c4)c32)cc1. The van der Waals surface area contributed by atoms with Gasteiger partial charge in [0.15, 0.2) is 0 Å². The summed E-state index contributed by atoms with van der Waals surface area (Å²) >= 11 is 0. The third-order valence-electron chi connectivity index (χ3n) is 11.1. The van der Waals surface area contributed by atoms with Crippen LogP contribution in [0.15, 0.2) is 212 Å². The lowest BCUT2D eigenvalue weighted by Gasteiger charge is -2.13. The molecule has 0 fully saturated rings. The van der Waals surface area contributed by atoms with E-state index in [0.29, 0.717) is 0 Å². The van der Waals surface area contributed by atoms with Crippen LogP contribution in [-0.4, -0.2) is 14.1 Å². The molecule has 3 heteroatoms. The average Bonchev–Trinajstić information content (AvgIpc) is 3.81. The van der Waals surface area contributed by atoms with Crippen molar-refractivity contribution in [3.63, 3.8) is 0 Å². The molecule has 0 spiro atoms. The Morgan fingerprint density at radius 2 is 0.661 bits per heavy atom. The molecule has 0 radical (unpaired) electrons. The first-order valence-electron chi connectivity index (χ1n) is 19.1. The molecule has 0 aliphatic carbocycles. The molecular formula is C53H35N3. The third kappa shape index (κ3) is 5.17. The highest BCUT2D eigenvalue weighted by molar-refractivity contribution is 6.15. The molecular weight excluding hydrogens is 679 g/mol. The molecule has 0 saturated heterocycles. The molecule has 11 aromatic rings. The van der Waals surface area contributed by atoms with Gasteiger partial charge >= 0.3 is 0 Å². The lowest BCUT2D eigenvalue weighted by atomic mass is 9.98. The van der Waals surface area contributed by atoms with Crippen molar-refractivity contribution in [1.82, 2.24) is 14.1 Å². The van der Waals surface area contributed by atoms with E-state index in [9.17, 15) is 0 Å². The molecule has 3 nitrogen and oxygen atoms in total. The molecule has 262 valence electrons. The highest BCUT2D eigenvalue weighted by atomic mass is 15.0. The van der Waals surface area contributed by atoms with Crippen LogP contribution in [0.2, 0.25) is 0 Å². The lowest BCUT2D eigenvalue weighted by Crippen LogP contribution is -1.95. The maximum atomic E-state index is 5.30. The van der Waals surface area contributed by atoms with Gasteiger partial charge in [-0.05, 0) is 71.8 Å². The van der Waals surface area contributed by atoms with Gasteiger partial charge in [0.1, 0.15) is 0 Å². The van der Waals surface area contributed by atoms with Crippen LogP contribution < -0.4 is 0 Å². The highest BCUT2D eigenvalue weighted by Gasteiger charge is 2.18. The third-order valence-corrected chi connectivity index (χ3v) is 11.1. The lowest BCUT2D eigenvalue weighted by molar-refractivity contribution is 1.18. The Kier molecular flexibility index (Phi) is 7.49. The number of pyridine rings is 1. The Morgan fingerprint density at radius 3 is 1.14 bits per heavy atom. The summed E-state index contributed by atoms with van der Waals surface area (Å²) in [4.78, 5) is 5.30. The number of hydrogen-bond donors (Lipinski definition) is 0. The predicted molar refractivity (Wildman–Crippen MR) is 235 cm³/mol. The second-order valence-electron chi connectivity index (χ2n) is 14.3. The van der Waals surface area contributed by atoms with Crippen molar-refractivity contribution in [3.8, 4) is 56.1 Å². The topological polar surface area (TPSA) is 22.8 Å². The van der Waals surface area contributed by atoms with Gasteiger partial charge in [0, 0.05) is 55.2 Å². The fourth-order valence-corrected chi connectivity index (χ4v) is 8.64. The fourth-order valence-electron chi connectivity index (χ4n) is 8.64. The van der Waals surface area contributed by atoms with Crippen molar-refractivity contribution in [2.75, 3.05) is 0 Å². The van der Waals surface area contributed by atoms with Gasteiger partial charge in [-0.2, -0.15) is 0 Å². The average molecular weight is 714 g/mol. The van der Waals surface area contributed by atoms with E-state index in [4.69, 9.17) is 4.98 Å². The minimum Gasteiger partial charge on any atom is -0.309 e. The van der Waals surface area contributed by atoms with E-state index >= 15 is 0 Å². The monoisotopic (exact) mass is 713 g/mol. The van der Waals surface area contributed by atoms with E-state index < -0.39 is 0 Å². The summed E-state index contributed by atoms with van der Waals surface area (Å²) in [6, 6.07) is 76.1. The summed E-state index contributed by atoms with van der Waals surface area (Å²) in [5.74, 6) is 0. The molecule has 0 amide bonds. The second kappa shape index (κ2) is 13.1. The van der Waals surface area contributed by atoms with E-state index in [2.05, 4.69) is 221 Å². The van der Waals surface area contributed by atoms with Crippen LogP contribution in [0.3, 0.4) is 0 Å². The Hall–Kier alpha value is -7.49. The zero-order chi connectivity index (χ0) is 37.0. The number of hydrogen-bond acceptors (Lipinski definition) is 1. The standard InChI is InChI=1S/C53H35N3/c1-3-20-40(21-4-1)55-50-32-9-7-24-44(50)46-28-13-26-42(52(46)55)36-16-11-18-38(34-36)48-30-15-31-49(54-48)39-19-12-17-37(35-39)43-27-14-29-47-45-25-8-10-33-51(45)56(53(43)47)41-22-5-2-6-23-41/h1-35H. The van der Waals surface area contributed by atoms with Crippen LogP contribution in [0, 0.1) is 0 Å². The summed E-state index contributed by atoms with van der Waals surface area (Å²) < 4.78 is 4.80. The number of fused-ring (bicyclic) bond motifs is 6. The van der Waals surface area contributed by atoms with E-state index in [1.165, 1.54) is 54.7 Å². The summed E-state index contributed by atoms with van der Waals surface area (Å²) in [7, 11) is 0. The summed E-state index contributed by atoms with van der Waals surface area (Å²) in [5, 5.41) is 4.98. The molecule has 0 N–H and O–H groups in total. The van der Waals surface area contributed by atoms with Gasteiger partial charge in [-0.25, -0.2) is 4.98 Å². The normalized spacial score (nSPS) is 11.6. The number of para-hydroxylation sites is 6. The Bertz CT molecular complexity index is 3030. The minimum absolute atomic E-state index is 0.942. The molecule has 8 aromatic carbocycles. The van der Waals surface area contributed by atoms with Gasteiger partial charge in [0.25, 0.3) is 0 Å². The van der Waals surface area contributed by atoms with E-state index in [0.717, 1.165) is 45.0 Å². The predicted octanol–water partition coefficient (Wildman–Crippen LogP) is 13.9. The van der Waals surface area contributed by atoms with Crippen LogP contribution in [-0.2, 0) is 0 Å². The van der Waals surface area contributed by atoms with Gasteiger partial charge in [0.2, 0.25) is 0 Å². The van der Waals surface area contributed by atoms with Crippen molar-refractivity contribution in [2.24, 2.45) is 0 Å². The zero-order valence-electron chi connectivity index (χ0n) is 30.5. The first-order chi connectivity index (χ1) is 27.8. The van der Waals surface area contributed by atoms with Crippen LogP contribution in [0.25, 0.3) is 99.8 Å². The van der Waals surface area contributed by atoms with E-state index in [1.54, 1.807) is 0 Å². The van der Waals surface area contributed by atoms with E-state index in [-0.39, 0.29) is 0 Å². The van der Waals surface area contributed by atoms with Crippen LogP contribution in [0.4, 0.5) is 0 Å². The van der Waals surface area contributed by atoms with Gasteiger partial charge in [-0.1, -0.05) is 152 Å². The molecule has 0 aliphatic rings. The summed E-state index contributed by atoms with van der Waals surface area (Å²) in [6.45, 7) is 0. The first kappa shape index (κ1) is 32.0. The first-order valence-corrected chi connectivity index (χ1v) is 19.1. The Balaban J connectivity index is 1.02. The van der Waals surface area contributed by atoms with Crippen LogP contribution >= 0.6 is 0 Å². The van der Waals surface area contributed by atoms with Crippen molar-refractivity contribution in [1.29, 1.82) is 0 Å². The molecule has 3 heterocycles.